The lowest BCUT2D eigenvalue weighted by atomic mass is 10.1. The molecule has 0 fully saturated rings. The zero-order chi connectivity index (χ0) is 21.3. The first-order valence-electron chi connectivity index (χ1n) is 9.79. The summed E-state index contributed by atoms with van der Waals surface area (Å²) >= 11 is 0. The minimum absolute atomic E-state index is 0.0306. The van der Waals surface area contributed by atoms with Crippen molar-refractivity contribution in [3.05, 3.63) is 72.1 Å². The third-order valence-corrected chi connectivity index (χ3v) is 5.02. The van der Waals surface area contributed by atoms with Gasteiger partial charge in [-0.05, 0) is 57.2 Å². The van der Waals surface area contributed by atoms with Gasteiger partial charge in [0.2, 0.25) is 0 Å². The molecule has 152 valence electrons. The highest BCUT2D eigenvalue weighted by Gasteiger charge is 2.34. The Bertz CT molecular complexity index is 1130. The van der Waals surface area contributed by atoms with Crippen molar-refractivity contribution in [3.63, 3.8) is 0 Å². The van der Waals surface area contributed by atoms with E-state index in [4.69, 9.17) is 0 Å². The van der Waals surface area contributed by atoms with Gasteiger partial charge in [-0.15, -0.1) is 0 Å². The molecule has 1 N–H and O–H groups in total. The monoisotopic (exact) mass is 401 g/mol. The SMILES string of the molecule is CC(=O)C1CC(C(=O)Nc2cccc(-n3nc(C)cc3C)c2)=NN1c1ccccc1. The molecule has 4 rings (SSSR count). The second kappa shape index (κ2) is 7.94. The first-order chi connectivity index (χ1) is 14.4. The average Bonchev–Trinajstić information content (AvgIpc) is 3.32. The van der Waals surface area contributed by atoms with E-state index in [2.05, 4.69) is 15.5 Å². The third-order valence-electron chi connectivity index (χ3n) is 5.02. The fraction of sp³-hybridized carbons (Fsp3) is 0.217. The number of rotatable bonds is 5. The maximum absolute atomic E-state index is 12.9. The Hall–Kier alpha value is -3.74. The highest BCUT2D eigenvalue weighted by molar-refractivity contribution is 6.44. The van der Waals surface area contributed by atoms with Gasteiger partial charge in [0, 0.05) is 17.8 Å². The molecule has 0 saturated heterocycles. The van der Waals surface area contributed by atoms with E-state index in [1.54, 1.807) is 5.01 Å². The van der Waals surface area contributed by atoms with Crippen molar-refractivity contribution in [3.8, 4) is 5.69 Å². The van der Waals surface area contributed by atoms with E-state index in [9.17, 15) is 9.59 Å². The average molecular weight is 401 g/mol. The molecule has 2 aromatic carbocycles. The lowest BCUT2D eigenvalue weighted by molar-refractivity contribution is -0.118. The summed E-state index contributed by atoms with van der Waals surface area (Å²) in [6.45, 7) is 5.45. The Morgan fingerprint density at radius 1 is 1.00 bits per heavy atom. The molecule has 0 spiro atoms. The van der Waals surface area contributed by atoms with E-state index >= 15 is 0 Å². The zero-order valence-corrected chi connectivity index (χ0v) is 17.2. The normalized spacial score (nSPS) is 15.8. The Labute approximate surface area is 175 Å². The summed E-state index contributed by atoms with van der Waals surface area (Å²) in [5.41, 5.74) is 4.56. The third kappa shape index (κ3) is 3.87. The number of amides is 1. The van der Waals surface area contributed by atoms with Crippen molar-refractivity contribution in [2.45, 2.75) is 33.2 Å². The summed E-state index contributed by atoms with van der Waals surface area (Å²) in [5.74, 6) is -0.345. The van der Waals surface area contributed by atoms with Crippen molar-refractivity contribution in [2.75, 3.05) is 10.3 Å². The number of aromatic nitrogens is 2. The van der Waals surface area contributed by atoms with Crippen molar-refractivity contribution in [1.29, 1.82) is 0 Å². The molecule has 2 heterocycles. The second-order valence-corrected chi connectivity index (χ2v) is 7.40. The van der Waals surface area contributed by atoms with Crippen LogP contribution in [0.3, 0.4) is 0 Å². The number of hydrazone groups is 1. The van der Waals surface area contributed by atoms with Crippen LogP contribution in [0.25, 0.3) is 5.69 Å². The van der Waals surface area contributed by atoms with Crippen LogP contribution in [-0.2, 0) is 9.59 Å². The van der Waals surface area contributed by atoms with Crippen molar-refractivity contribution in [1.82, 2.24) is 9.78 Å². The maximum Gasteiger partial charge on any atom is 0.271 e. The van der Waals surface area contributed by atoms with Crippen LogP contribution in [0.15, 0.2) is 65.8 Å². The summed E-state index contributed by atoms with van der Waals surface area (Å²) < 4.78 is 1.83. The Balaban J connectivity index is 1.56. The van der Waals surface area contributed by atoms with E-state index in [0.29, 0.717) is 11.4 Å². The molecule has 0 radical (unpaired) electrons. The largest absolute Gasteiger partial charge is 0.321 e. The molecule has 1 atom stereocenters. The van der Waals surface area contributed by atoms with Gasteiger partial charge in [-0.25, -0.2) is 4.68 Å². The fourth-order valence-electron chi connectivity index (χ4n) is 3.59. The van der Waals surface area contributed by atoms with Crippen molar-refractivity contribution >= 4 is 28.8 Å². The highest BCUT2D eigenvalue weighted by atomic mass is 16.2. The molecule has 1 aliphatic rings. The van der Waals surface area contributed by atoms with Crippen LogP contribution < -0.4 is 10.3 Å². The summed E-state index contributed by atoms with van der Waals surface area (Å²) in [7, 11) is 0. The summed E-state index contributed by atoms with van der Waals surface area (Å²) in [6.07, 6.45) is 0.271. The molecule has 30 heavy (non-hydrogen) atoms. The van der Waals surface area contributed by atoms with Gasteiger partial charge in [-0.1, -0.05) is 24.3 Å². The first-order valence-corrected chi connectivity index (χ1v) is 9.79. The van der Waals surface area contributed by atoms with Crippen LogP contribution in [0.5, 0.6) is 0 Å². The number of para-hydroxylation sites is 1. The predicted octanol–water partition coefficient (Wildman–Crippen LogP) is 3.65. The van der Waals surface area contributed by atoms with Gasteiger partial charge in [0.1, 0.15) is 11.8 Å². The number of carbonyl (C=O) groups is 2. The molecule has 7 heteroatoms. The van der Waals surface area contributed by atoms with Crippen LogP contribution in [0.1, 0.15) is 24.7 Å². The number of hydrogen-bond acceptors (Lipinski definition) is 5. The van der Waals surface area contributed by atoms with Gasteiger partial charge < -0.3 is 5.32 Å². The number of anilines is 2. The number of nitrogens with zero attached hydrogens (tertiary/aromatic N) is 4. The van der Waals surface area contributed by atoms with Gasteiger partial charge in [0.15, 0.2) is 5.78 Å². The molecule has 3 aromatic rings. The number of benzene rings is 2. The number of carbonyl (C=O) groups excluding carboxylic acids is 2. The molecule has 7 nitrogen and oxygen atoms in total. The molecule has 0 bridgehead atoms. The Morgan fingerprint density at radius 3 is 2.40 bits per heavy atom. The minimum Gasteiger partial charge on any atom is -0.321 e. The predicted molar refractivity (Wildman–Crippen MR) is 117 cm³/mol. The lowest BCUT2D eigenvalue weighted by Crippen LogP contribution is -2.33. The number of nitrogens with one attached hydrogen (secondary N) is 1. The topological polar surface area (TPSA) is 79.6 Å². The Morgan fingerprint density at radius 2 is 1.73 bits per heavy atom. The van der Waals surface area contributed by atoms with Crippen molar-refractivity contribution in [2.24, 2.45) is 5.10 Å². The van der Waals surface area contributed by atoms with Crippen LogP contribution in [-0.4, -0.2) is 33.2 Å². The molecule has 0 saturated carbocycles. The second-order valence-electron chi connectivity index (χ2n) is 7.40. The van der Waals surface area contributed by atoms with Gasteiger partial charge in [0.05, 0.1) is 17.1 Å². The lowest BCUT2D eigenvalue weighted by Gasteiger charge is -2.20. The molecule has 1 amide bonds. The zero-order valence-electron chi connectivity index (χ0n) is 17.2. The van der Waals surface area contributed by atoms with E-state index in [1.165, 1.54) is 6.92 Å². The van der Waals surface area contributed by atoms with Crippen LogP contribution >= 0.6 is 0 Å². The van der Waals surface area contributed by atoms with Crippen LogP contribution in [0.4, 0.5) is 11.4 Å². The van der Waals surface area contributed by atoms with E-state index in [0.717, 1.165) is 22.8 Å². The van der Waals surface area contributed by atoms with Crippen LogP contribution in [0, 0.1) is 13.8 Å². The number of aryl methyl sites for hydroxylation is 2. The first kappa shape index (κ1) is 19.6. The molecule has 1 aromatic heterocycles. The van der Waals surface area contributed by atoms with Crippen molar-refractivity contribution < 1.29 is 9.59 Å². The van der Waals surface area contributed by atoms with Gasteiger partial charge in [-0.3, -0.25) is 14.6 Å². The quantitative estimate of drug-likeness (QED) is 0.708. The maximum atomic E-state index is 12.9. The molecule has 0 aliphatic carbocycles. The molecular formula is C23H23N5O2. The van der Waals surface area contributed by atoms with Crippen LogP contribution in [0.2, 0.25) is 0 Å². The molecule has 1 unspecified atom stereocenters. The fourth-order valence-corrected chi connectivity index (χ4v) is 3.59. The molecule has 1 aliphatic heterocycles. The van der Waals surface area contributed by atoms with E-state index in [-0.39, 0.29) is 18.1 Å². The smallest absolute Gasteiger partial charge is 0.271 e. The summed E-state index contributed by atoms with van der Waals surface area (Å²) in [5, 5.41) is 13.5. The standard InChI is InChI=1S/C23H23N5O2/c1-15-12-16(2)27(25-15)20-11-7-8-18(13-20)24-23(30)21-14-22(17(3)29)28(26-21)19-9-5-4-6-10-19/h4-13,22H,14H2,1-3H3,(H,24,30). The van der Waals surface area contributed by atoms with Gasteiger partial charge in [0.25, 0.3) is 5.91 Å². The summed E-state index contributed by atoms with van der Waals surface area (Å²) in [6, 6.07) is 18.4. The van der Waals surface area contributed by atoms with Gasteiger partial charge in [-0.2, -0.15) is 10.2 Å². The minimum atomic E-state index is -0.478. The van der Waals surface area contributed by atoms with E-state index < -0.39 is 6.04 Å². The Kier molecular flexibility index (Phi) is 5.18. The highest BCUT2D eigenvalue weighted by Crippen LogP contribution is 2.25. The number of hydrogen-bond donors (Lipinski definition) is 1. The molecular weight excluding hydrogens is 378 g/mol. The van der Waals surface area contributed by atoms with Gasteiger partial charge >= 0.3 is 0 Å². The summed E-state index contributed by atoms with van der Waals surface area (Å²) in [4.78, 5) is 25.0. The number of ketones is 1. The number of Topliss-reactive ketones (excluding diaryl/α,β-unsaturated/α-hetero) is 1. The van der Waals surface area contributed by atoms with E-state index in [1.807, 2.05) is 79.2 Å².